The first-order valence-electron chi connectivity index (χ1n) is 8.93. The topological polar surface area (TPSA) is 137 Å². The molecule has 0 unspecified atom stereocenters. The number of H-pyrrole nitrogens is 2. The summed E-state index contributed by atoms with van der Waals surface area (Å²) in [6.45, 7) is 0.255. The zero-order chi connectivity index (χ0) is 21.1. The monoisotopic (exact) mass is 423 g/mol. The number of imidazole rings is 1. The lowest BCUT2D eigenvalue weighted by molar-refractivity contribution is 0.0952. The molecule has 0 saturated heterocycles. The van der Waals surface area contributed by atoms with Crippen LogP contribution in [0, 0.1) is 0 Å². The molecule has 0 bridgehead atoms. The molecule has 2 aromatic heterocycles. The molecule has 0 aliphatic heterocycles. The van der Waals surface area contributed by atoms with Crippen LogP contribution in [-0.2, 0) is 16.6 Å². The van der Waals surface area contributed by atoms with Gasteiger partial charge in [0.05, 0.1) is 27.2 Å². The summed E-state index contributed by atoms with van der Waals surface area (Å²) in [5, 5.41) is 2.75. The number of aromatic nitrogens is 3. The smallest absolute Gasteiger partial charge is 0.323 e. The van der Waals surface area contributed by atoms with E-state index >= 15 is 0 Å². The van der Waals surface area contributed by atoms with Gasteiger partial charge in [-0.2, -0.15) is 0 Å². The van der Waals surface area contributed by atoms with Crippen LogP contribution < -0.4 is 15.7 Å². The van der Waals surface area contributed by atoms with Gasteiger partial charge in [0.2, 0.25) is 0 Å². The average Bonchev–Trinajstić information content (AvgIpc) is 3.12. The number of pyridine rings is 1. The van der Waals surface area contributed by atoms with Crippen LogP contribution in [0.4, 0.5) is 5.69 Å². The van der Waals surface area contributed by atoms with E-state index in [-0.39, 0.29) is 22.7 Å². The van der Waals surface area contributed by atoms with Crippen LogP contribution in [0.25, 0.3) is 11.0 Å². The van der Waals surface area contributed by atoms with Crippen LogP contribution in [0.5, 0.6) is 0 Å². The molecule has 4 aromatic rings. The van der Waals surface area contributed by atoms with Crippen molar-refractivity contribution in [3.63, 3.8) is 0 Å². The molecule has 2 aromatic carbocycles. The molecule has 0 saturated carbocycles. The summed E-state index contributed by atoms with van der Waals surface area (Å²) in [4.78, 5) is 33.1. The maximum atomic E-state index is 12.9. The number of sulfonamides is 1. The number of para-hydroxylation sites is 1. The fraction of sp³-hybridized carbons (Fsp3) is 0.0500. The number of nitrogens with zero attached hydrogens (tertiary/aromatic N) is 1. The van der Waals surface area contributed by atoms with Crippen LogP contribution in [0.2, 0.25) is 0 Å². The van der Waals surface area contributed by atoms with Crippen LogP contribution in [-0.4, -0.2) is 29.3 Å². The minimum Gasteiger partial charge on any atom is -0.348 e. The van der Waals surface area contributed by atoms with E-state index in [1.165, 1.54) is 30.3 Å². The molecule has 4 N–H and O–H groups in total. The number of hydrogen-bond acceptors (Lipinski definition) is 5. The van der Waals surface area contributed by atoms with Crippen LogP contribution in [0.15, 0.2) is 76.7 Å². The van der Waals surface area contributed by atoms with Gasteiger partial charge in [0.15, 0.2) is 0 Å². The number of fused-ring (bicyclic) bond motifs is 1. The number of aromatic amines is 2. The molecule has 1 amide bonds. The van der Waals surface area contributed by atoms with E-state index in [1.807, 2.05) is 6.07 Å². The van der Waals surface area contributed by atoms with Gasteiger partial charge in [-0.15, -0.1) is 0 Å². The average molecular weight is 423 g/mol. The molecule has 10 heteroatoms. The quantitative estimate of drug-likeness (QED) is 0.376. The van der Waals surface area contributed by atoms with Gasteiger partial charge in [-0.1, -0.05) is 18.2 Å². The lowest BCUT2D eigenvalue weighted by atomic mass is 10.1. The third-order valence-corrected chi connectivity index (χ3v) is 5.75. The standard InChI is InChI=1S/C20H17N5O4S/c26-19(22-12-13-4-3-9-21-11-13)15-5-1-2-6-16(15)25-30(28,29)14-7-8-17-18(10-14)24-20(27)23-17/h1-11,25H,12H2,(H,22,26)(H2,23,24,27). The van der Waals surface area contributed by atoms with Gasteiger partial charge >= 0.3 is 5.69 Å². The molecule has 152 valence electrons. The zero-order valence-electron chi connectivity index (χ0n) is 15.5. The number of hydrogen-bond donors (Lipinski definition) is 4. The normalized spacial score (nSPS) is 11.3. The fourth-order valence-corrected chi connectivity index (χ4v) is 4.04. The summed E-state index contributed by atoms with van der Waals surface area (Å²) in [7, 11) is -3.99. The maximum absolute atomic E-state index is 12.9. The van der Waals surface area contributed by atoms with E-state index in [1.54, 1.807) is 30.6 Å². The van der Waals surface area contributed by atoms with Crippen molar-refractivity contribution >= 4 is 32.7 Å². The molecule has 0 aliphatic rings. The highest BCUT2D eigenvalue weighted by atomic mass is 32.2. The number of rotatable bonds is 6. The van der Waals surface area contributed by atoms with Gasteiger partial charge in [-0.25, -0.2) is 13.2 Å². The second-order valence-corrected chi connectivity index (χ2v) is 8.16. The number of carbonyl (C=O) groups is 1. The summed E-state index contributed by atoms with van der Waals surface area (Å²) in [5.41, 5.74) is 1.57. The Kier molecular flexibility index (Phi) is 5.07. The predicted molar refractivity (Wildman–Crippen MR) is 112 cm³/mol. The van der Waals surface area contributed by atoms with Gasteiger partial charge in [0.1, 0.15) is 0 Å². The molecule has 0 aliphatic carbocycles. The number of carbonyl (C=O) groups excluding carboxylic acids is 1. The Balaban J connectivity index is 1.57. The van der Waals surface area contributed by atoms with Crippen molar-refractivity contribution in [3.8, 4) is 0 Å². The van der Waals surface area contributed by atoms with E-state index in [9.17, 15) is 18.0 Å². The van der Waals surface area contributed by atoms with E-state index in [2.05, 4.69) is 25.0 Å². The summed E-state index contributed by atoms with van der Waals surface area (Å²) >= 11 is 0. The molecule has 30 heavy (non-hydrogen) atoms. The first-order chi connectivity index (χ1) is 14.4. The Morgan fingerprint density at radius 3 is 2.60 bits per heavy atom. The minimum absolute atomic E-state index is 0.0455. The van der Waals surface area contributed by atoms with Crippen LogP contribution >= 0.6 is 0 Å². The molecule has 9 nitrogen and oxygen atoms in total. The van der Waals surface area contributed by atoms with Crippen molar-refractivity contribution < 1.29 is 13.2 Å². The van der Waals surface area contributed by atoms with E-state index in [4.69, 9.17) is 0 Å². The number of nitrogens with one attached hydrogen (secondary N) is 4. The van der Waals surface area contributed by atoms with Gasteiger partial charge in [0, 0.05) is 18.9 Å². The first-order valence-corrected chi connectivity index (χ1v) is 10.4. The van der Waals surface area contributed by atoms with Crippen molar-refractivity contribution in [3.05, 3.63) is 88.6 Å². The third kappa shape index (κ3) is 4.08. The summed E-state index contributed by atoms with van der Waals surface area (Å²) < 4.78 is 28.2. The third-order valence-electron chi connectivity index (χ3n) is 4.39. The van der Waals surface area contributed by atoms with E-state index in [0.717, 1.165) is 5.56 Å². The number of amides is 1. The first kappa shape index (κ1) is 19.4. The highest BCUT2D eigenvalue weighted by molar-refractivity contribution is 7.92. The highest BCUT2D eigenvalue weighted by Crippen LogP contribution is 2.22. The van der Waals surface area contributed by atoms with Gasteiger partial charge in [-0.3, -0.25) is 14.5 Å². The van der Waals surface area contributed by atoms with E-state index in [0.29, 0.717) is 11.0 Å². The SMILES string of the molecule is O=C(NCc1cccnc1)c1ccccc1NS(=O)(=O)c1ccc2[nH]c(=O)[nH]c2c1. The Labute approximate surface area is 171 Å². The van der Waals surface area contributed by atoms with Gasteiger partial charge < -0.3 is 15.3 Å². The fourth-order valence-electron chi connectivity index (χ4n) is 2.93. The minimum atomic E-state index is -3.99. The Bertz CT molecular complexity index is 1380. The van der Waals surface area contributed by atoms with Crippen LogP contribution in [0.1, 0.15) is 15.9 Å². The van der Waals surface area contributed by atoms with Crippen LogP contribution in [0.3, 0.4) is 0 Å². The Morgan fingerprint density at radius 1 is 1.00 bits per heavy atom. The second kappa shape index (κ2) is 7.84. The van der Waals surface area contributed by atoms with Crippen molar-refractivity contribution in [1.82, 2.24) is 20.3 Å². The lowest BCUT2D eigenvalue weighted by Crippen LogP contribution is -2.25. The maximum Gasteiger partial charge on any atom is 0.323 e. The molecule has 0 atom stereocenters. The summed E-state index contributed by atoms with van der Waals surface area (Å²) in [6, 6.07) is 14.1. The lowest BCUT2D eigenvalue weighted by Gasteiger charge is -2.13. The van der Waals surface area contributed by atoms with Gasteiger partial charge in [0.25, 0.3) is 15.9 Å². The van der Waals surface area contributed by atoms with Gasteiger partial charge in [-0.05, 0) is 42.0 Å². The zero-order valence-corrected chi connectivity index (χ0v) is 16.4. The molecule has 2 heterocycles. The Morgan fingerprint density at radius 2 is 1.80 bits per heavy atom. The van der Waals surface area contributed by atoms with Crippen molar-refractivity contribution in [2.45, 2.75) is 11.4 Å². The van der Waals surface area contributed by atoms with Crippen molar-refractivity contribution in [2.24, 2.45) is 0 Å². The van der Waals surface area contributed by atoms with Crippen molar-refractivity contribution in [2.75, 3.05) is 4.72 Å². The summed E-state index contributed by atoms with van der Waals surface area (Å²) in [6.07, 6.45) is 3.27. The second-order valence-electron chi connectivity index (χ2n) is 6.48. The highest BCUT2D eigenvalue weighted by Gasteiger charge is 2.19. The largest absolute Gasteiger partial charge is 0.348 e. The number of benzene rings is 2. The van der Waals surface area contributed by atoms with E-state index < -0.39 is 21.6 Å². The molecule has 0 spiro atoms. The predicted octanol–water partition coefficient (Wildman–Crippen LogP) is 1.98. The van der Waals surface area contributed by atoms with Crippen molar-refractivity contribution in [1.29, 1.82) is 0 Å². The summed E-state index contributed by atoms with van der Waals surface area (Å²) in [5.74, 6) is -0.428. The molecular weight excluding hydrogens is 406 g/mol. The molecule has 0 radical (unpaired) electrons. The molecule has 0 fully saturated rings. The number of anilines is 1. The molecular formula is C20H17N5O4S. The molecule has 4 rings (SSSR count). The Hall–Kier alpha value is -3.92.